The van der Waals surface area contributed by atoms with Gasteiger partial charge in [0, 0.05) is 12.4 Å². The van der Waals surface area contributed by atoms with Gasteiger partial charge >= 0.3 is 6.18 Å². The number of halogens is 3. The molecule has 1 unspecified atom stereocenters. The molecule has 0 spiro atoms. The Hall–Kier alpha value is -1.14. The monoisotopic (exact) mass is 248 g/mol. The number of rotatable bonds is 5. The number of hydrogen-bond donors (Lipinski definition) is 1. The molecule has 1 rings (SSSR count). The topological polar surface area (TPSA) is 34.1 Å². The van der Waals surface area contributed by atoms with Gasteiger partial charge in [-0.25, -0.2) is 0 Å². The van der Waals surface area contributed by atoms with Gasteiger partial charge in [0.1, 0.15) is 6.61 Å². The summed E-state index contributed by atoms with van der Waals surface area (Å²) < 4.78 is 40.4. The lowest BCUT2D eigenvalue weighted by molar-refractivity contribution is -0.175. The smallest absolute Gasteiger partial charge is 0.370 e. The molecule has 0 aliphatic rings. The van der Waals surface area contributed by atoms with Gasteiger partial charge in [0.15, 0.2) is 0 Å². The van der Waals surface area contributed by atoms with E-state index in [0.29, 0.717) is 0 Å². The Labute approximate surface area is 98.0 Å². The number of nitrogens with zero attached hydrogens (tertiary/aromatic N) is 1. The second-order valence-electron chi connectivity index (χ2n) is 3.70. The molecular weight excluding hydrogens is 233 g/mol. The molecule has 0 aromatic carbocycles. The van der Waals surface area contributed by atoms with Crippen molar-refractivity contribution in [1.82, 2.24) is 10.3 Å². The summed E-state index contributed by atoms with van der Waals surface area (Å²) in [5, 5.41) is 2.91. The molecule has 0 amide bonds. The predicted octanol–water partition coefficient (Wildman–Crippen LogP) is 2.23. The summed E-state index contributed by atoms with van der Waals surface area (Å²) in [6, 6.07) is 1.52. The zero-order chi connectivity index (χ0) is 12.9. The fraction of sp³-hybridized carbons (Fsp3) is 0.545. The maximum Gasteiger partial charge on any atom is 0.411 e. The minimum Gasteiger partial charge on any atom is -0.370 e. The molecule has 0 saturated carbocycles. The number of ether oxygens (including phenoxy) is 1. The maximum absolute atomic E-state index is 11.9. The van der Waals surface area contributed by atoms with Crippen LogP contribution in [-0.4, -0.2) is 31.4 Å². The largest absolute Gasteiger partial charge is 0.411 e. The van der Waals surface area contributed by atoms with E-state index in [-0.39, 0.29) is 12.6 Å². The van der Waals surface area contributed by atoms with Crippen LogP contribution in [0.15, 0.2) is 18.5 Å². The molecule has 6 heteroatoms. The Morgan fingerprint density at radius 2 is 2.18 bits per heavy atom. The molecule has 1 N–H and O–H groups in total. The van der Waals surface area contributed by atoms with E-state index in [2.05, 4.69) is 15.0 Å². The third-order valence-electron chi connectivity index (χ3n) is 2.35. The lowest BCUT2D eigenvalue weighted by Gasteiger charge is -2.18. The van der Waals surface area contributed by atoms with Crippen LogP contribution in [0.3, 0.4) is 0 Å². The van der Waals surface area contributed by atoms with Gasteiger partial charge in [0.25, 0.3) is 0 Å². The van der Waals surface area contributed by atoms with Gasteiger partial charge in [-0.2, -0.15) is 13.2 Å². The minimum absolute atomic E-state index is 0.0391. The SMILES string of the molecule is CNC(COCC(F)(F)F)c1cnccc1C. The summed E-state index contributed by atoms with van der Waals surface area (Å²) in [6.07, 6.45) is -1.02. The molecule has 1 aromatic rings. The standard InChI is InChI=1S/C11H15F3N2O/c1-8-3-4-16-5-9(8)10(15-2)6-17-7-11(12,13)14/h3-5,10,15H,6-7H2,1-2H3. The van der Waals surface area contributed by atoms with E-state index in [4.69, 9.17) is 0 Å². The lowest BCUT2D eigenvalue weighted by Crippen LogP contribution is -2.26. The van der Waals surface area contributed by atoms with Crippen molar-refractivity contribution in [3.63, 3.8) is 0 Å². The summed E-state index contributed by atoms with van der Waals surface area (Å²) in [4.78, 5) is 3.95. The van der Waals surface area contributed by atoms with Crippen molar-refractivity contribution < 1.29 is 17.9 Å². The van der Waals surface area contributed by atoms with Crippen molar-refractivity contribution in [3.8, 4) is 0 Å². The van der Waals surface area contributed by atoms with Crippen LogP contribution in [0.5, 0.6) is 0 Å². The van der Waals surface area contributed by atoms with Crippen molar-refractivity contribution in [3.05, 3.63) is 29.6 Å². The average Bonchev–Trinajstić information content (AvgIpc) is 2.24. The highest BCUT2D eigenvalue weighted by Crippen LogP contribution is 2.19. The number of aromatic nitrogens is 1. The molecule has 0 bridgehead atoms. The van der Waals surface area contributed by atoms with Gasteiger partial charge in [-0.15, -0.1) is 0 Å². The first-order valence-corrected chi connectivity index (χ1v) is 5.16. The van der Waals surface area contributed by atoms with Crippen LogP contribution in [0.4, 0.5) is 13.2 Å². The molecule has 1 heterocycles. The predicted molar refractivity (Wildman–Crippen MR) is 57.6 cm³/mol. The third-order valence-corrected chi connectivity index (χ3v) is 2.35. The first kappa shape index (κ1) is 13.9. The Morgan fingerprint density at radius 1 is 1.47 bits per heavy atom. The van der Waals surface area contributed by atoms with Gasteiger partial charge < -0.3 is 10.1 Å². The van der Waals surface area contributed by atoms with Crippen LogP contribution in [0, 0.1) is 6.92 Å². The van der Waals surface area contributed by atoms with E-state index in [1.807, 2.05) is 13.0 Å². The summed E-state index contributed by atoms with van der Waals surface area (Å²) in [7, 11) is 1.67. The number of likely N-dealkylation sites (N-methyl/N-ethyl adjacent to an activating group) is 1. The van der Waals surface area contributed by atoms with Crippen molar-refractivity contribution in [2.75, 3.05) is 20.3 Å². The van der Waals surface area contributed by atoms with Gasteiger partial charge in [0.2, 0.25) is 0 Å². The second-order valence-corrected chi connectivity index (χ2v) is 3.70. The van der Waals surface area contributed by atoms with Crippen LogP contribution >= 0.6 is 0 Å². The third kappa shape index (κ3) is 4.70. The van der Waals surface area contributed by atoms with Crippen molar-refractivity contribution in [2.45, 2.75) is 19.1 Å². The molecule has 3 nitrogen and oxygen atoms in total. The minimum atomic E-state index is -4.29. The highest BCUT2D eigenvalue weighted by atomic mass is 19.4. The second kappa shape index (κ2) is 5.97. The Kier molecular flexibility index (Phi) is 4.89. The summed E-state index contributed by atoms with van der Waals surface area (Å²) >= 11 is 0. The van der Waals surface area contributed by atoms with Crippen LogP contribution in [0.1, 0.15) is 17.2 Å². The Balaban J connectivity index is 2.58. The molecule has 0 radical (unpaired) electrons. The molecule has 1 atom stereocenters. The number of aryl methyl sites for hydroxylation is 1. The van der Waals surface area contributed by atoms with E-state index >= 15 is 0 Å². The van der Waals surface area contributed by atoms with E-state index in [1.54, 1.807) is 19.4 Å². The molecule has 1 aromatic heterocycles. The molecule has 0 fully saturated rings. The van der Waals surface area contributed by atoms with E-state index < -0.39 is 12.8 Å². The van der Waals surface area contributed by atoms with Crippen LogP contribution < -0.4 is 5.32 Å². The van der Waals surface area contributed by atoms with Crippen LogP contribution in [-0.2, 0) is 4.74 Å². The lowest BCUT2D eigenvalue weighted by atomic mass is 10.1. The fourth-order valence-electron chi connectivity index (χ4n) is 1.46. The summed E-state index contributed by atoms with van der Waals surface area (Å²) in [5.41, 5.74) is 1.81. The highest BCUT2D eigenvalue weighted by Gasteiger charge is 2.28. The molecule has 0 aliphatic heterocycles. The molecule has 17 heavy (non-hydrogen) atoms. The summed E-state index contributed by atoms with van der Waals surface area (Å²) in [6.45, 7) is 0.609. The van der Waals surface area contributed by atoms with Crippen LogP contribution in [0.25, 0.3) is 0 Å². The number of nitrogens with one attached hydrogen (secondary N) is 1. The number of hydrogen-bond acceptors (Lipinski definition) is 3. The normalized spacial score (nSPS) is 13.7. The Bertz CT molecular complexity index is 355. The average molecular weight is 248 g/mol. The van der Waals surface area contributed by atoms with Crippen molar-refractivity contribution in [1.29, 1.82) is 0 Å². The molecule has 0 saturated heterocycles. The van der Waals surface area contributed by atoms with Crippen LogP contribution in [0.2, 0.25) is 0 Å². The molecule has 0 aliphatic carbocycles. The number of pyridine rings is 1. The maximum atomic E-state index is 11.9. The van der Waals surface area contributed by atoms with Gasteiger partial charge in [-0.05, 0) is 31.2 Å². The molecular formula is C11H15F3N2O. The van der Waals surface area contributed by atoms with E-state index in [1.165, 1.54) is 0 Å². The Morgan fingerprint density at radius 3 is 2.71 bits per heavy atom. The van der Waals surface area contributed by atoms with Gasteiger partial charge in [-0.3, -0.25) is 4.98 Å². The highest BCUT2D eigenvalue weighted by molar-refractivity contribution is 5.25. The van der Waals surface area contributed by atoms with Crippen molar-refractivity contribution >= 4 is 0 Å². The van der Waals surface area contributed by atoms with Gasteiger partial charge in [0.05, 0.1) is 12.6 Å². The van der Waals surface area contributed by atoms with E-state index in [0.717, 1.165) is 11.1 Å². The molecule has 96 valence electrons. The van der Waals surface area contributed by atoms with E-state index in [9.17, 15) is 13.2 Å². The zero-order valence-corrected chi connectivity index (χ0v) is 9.71. The first-order valence-electron chi connectivity index (χ1n) is 5.16. The quantitative estimate of drug-likeness (QED) is 0.867. The van der Waals surface area contributed by atoms with Crippen molar-refractivity contribution in [2.24, 2.45) is 0 Å². The van der Waals surface area contributed by atoms with Gasteiger partial charge in [-0.1, -0.05) is 0 Å². The fourth-order valence-corrected chi connectivity index (χ4v) is 1.46. The number of alkyl halides is 3. The first-order chi connectivity index (χ1) is 7.94. The summed E-state index contributed by atoms with van der Waals surface area (Å²) in [5.74, 6) is 0. The zero-order valence-electron chi connectivity index (χ0n) is 9.71.